The highest BCUT2D eigenvalue weighted by atomic mass is 32.2. The minimum absolute atomic E-state index is 0.0749. The zero-order chi connectivity index (χ0) is 25.1. The van der Waals surface area contributed by atoms with Crippen molar-refractivity contribution >= 4 is 42.5 Å². The van der Waals surface area contributed by atoms with Crippen LogP contribution in [0.25, 0.3) is 11.0 Å². The molecule has 0 saturated heterocycles. The molecule has 180 valence electrons. The van der Waals surface area contributed by atoms with E-state index in [4.69, 9.17) is 15.7 Å². The van der Waals surface area contributed by atoms with Gasteiger partial charge in [-0.2, -0.15) is 4.98 Å². The Morgan fingerprint density at radius 3 is 2.44 bits per heavy atom. The van der Waals surface area contributed by atoms with Crippen LogP contribution in [-0.4, -0.2) is 66.3 Å². The van der Waals surface area contributed by atoms with Gasteiger partial charge in [0.2, 0.25) is 11.8 Å². The predicted molar refractivity (Wildman–Crippen MR) is 126 cm³/mol. The van der Waals surface area contributed by atoms with Crippen LogP contribution in [0.4, 0.5) is 14.7 Å². The maximum absolute atomic E-state index is 14.0. The van der Waals surface area contributed by atoms with Gasteiger partial charge in [-0.1, -0.05) is 0 Å². The van der Waals surface area contributed by atoms with Crippen LogP contribution >= 0.6 is 0 Å². The van der Waals surface area contributed by atoms with Crippen LogP contribution in [0.15, 0.2) is 17.1 Å². The standard InChI is InChI=1S/C21H26B2F2N4O4S/c1-19(31)7-3-4-15(19)29-16-12(10-14(17(29)30)21(23,24)25)11-26-18(27-16)28-20(22)8-5-13(6-9-20)34(2,32)33/h10-11,13,15,31H,3-9H2,1-2H3,(H,26,27,28)/t13?,15-,19-,20?/m1/s1. The van der Waals surface area contributed by atoms with Crippen molar-refractivity contribution in [1.82, 2.24) is 14.5 Å². The number of rotatable bonds is 5. The number of fused-ring (bicyclic) bond motifs is 1. The van der Waals surface area contributed by atoms with Gasteiger partial charge in [0, 0.05) is 23.3 Å². The van der Waals surface area contributed by atoms with Gasteiger partial charge in [0.15, 0.2) is 7.85 Å². The van der Waals surface area contributed by atoms with Gasteiger partial charge in [0.05, 0.1) is 22.5 Å². The summed E-state index contributed by atoms with van der Waals surface area (Å²) in [4.78, 5) is 21.7. The third-order valence-electron chi connectivity index (χ3n) is 7.11. The molecule has 2 saturated carbocycles. The Balaban J connectivity index is 1.76. The first-order valence-corrected chi connectivity index (χ1v) is 13.1. The molecule has 2 aromatic rings. The van der Waals surface area contributed by atoms with Crippen LogP contribution in [0.2, 0.25) is 0 Å². The van der Waals surface area contributed by atoms with E-state index in [9.17, 15) is 27.1 Å². The van der Waals surface area contributed by atoms with Gasteiger partial charge >= 0.3 is 0 Å². The number of pyridine rings is 1. The van der Waals surface area contributed by atoms with Crippen LogP contribution < -0.4 is 10.9 Å². The summed E-state index contributed by atoms with van der Waals surface area (Å²) in [5.74, 6) is -3.81. The number of sulfone groups is 1. The van der Waals surface area contributed by atoms with Crippen molar-refractivity contribution < 1.29 is 22.3 Å². The van der Waals surface area contributed by atoms with E-state index in [1.165, 1.54) is 12.5 Å². The number of aromatic nitrogens is 3. The number of nitrogens with zero attached hydrogens (tertiary/aromatic N) is 3. The molecule has 0 spiro atoms. The van der Waals surface area contributed by atoms with E-state index in [1.807, 2.05) is 0 Å². The van der Waals surface area contributed by atoms with Crippen LogP contribution in [0.1, 0.15) is 63.5 Å². The molecule has 0 aromatic carbocycles. The second kappa shape index (κ2) is 8.29. The van der Waals surface area contributed by atoms with Crippen molar-refractivity contribution in [2.24, 2.45) is 0 Å². The normalized spacial score (nSPS) is 30.5. The van der Waals surface area contributed by atoms with E-state index in [2.05, 4.69) is 15.3 Å². The zero-order valence-corrected chi connectivity index (χ0v) is 19.9. The van der Waals surface area contributed by atoms with E-state index in [-0.39, 0.29) is 17.0 Å². The van der Waals surface area contributed by atoms with Crippen molar-refractivity contribution in [1.29, 1.82) is 0 Å². The number of hydrogen-bond acceptors (Lipinski definition) is 7. The molecule has 2 aliphatic carbocycles. The number of aliphatic hydroxyl groups is 1. The van der Waals surface area contributed by atoms with E-state index in [0.29, 0.717) is 44.9 Å². The Hall–Kier alpha value is -2.01. The summed E-state index contributed by atoms with van der Waals surface area (Å²) >= 11 is 0. The lowest BCUT2D eigenvalue weighted by Crippen LogP contribution is -2.45. The molecule has 8 nitrogen and oxygen atoms in total. The van der Waals surface area contributed by atoms with E-state index >= 15 is 0 Å². The average molecular weight is 490 g/mol. The molecule has 0 bridgehead atoms. The molecule has 34 heavy (non-hydrogen) atoms. The number of alkyl halides is 2. The topological polar surface area (TPSA) is 114 Å². The molecule has 2 fully saturated rings. The monoisotopic (exact) mass is 490 g/mol. The smallest absolute Gasteiger partial charge is 0.260 e. The van der Waals surface area contributed by atoms with Gasteiger partial charge < -0.3 is 10.4 Å². The SMILES string of the molecule is [B]C1(Nc2ncc3cc(C([B])(F)F)c(=O)n([C@@H]4CCC[C@@]4(C)O)c3n2)CCC(S(C)(=O)=O)CC1. The van der Waals surface area contributed by atoms with Crippen molar-refractivity contribution in [3.8, 4) is 0 Å². The quantitative estimate of drug-likeness (QED) is 0.615. The van der Waals surface area contributed by atoms with Crippen molar-refractivity contribution in [2.75, 3.05) is 11.6 Å². The number of hydrogen-bond donors (Lipinski definition) is 2. The molecule has 0 amide bonds. The first-order chi connectivity index (χ1) is 15.6. The number of halogens is 2. The van der Waals surface area contributed by atoms with Gasteiger partial charge in [0.25, 0.3) is 5.56 Å². The summed E-state index contributed by atoms with van der Waals surface area (Å²) in [7, 11) is 8.25. The molecule has 13 heteroatoms. The number of anilines is 1. The van der Waals surface area contributed by atoms with Crippen LogP contribution in [0.3, 0.4) is 0 Å². The Kier molecular flexibility index (Phi) is 6.12. The molecular formula is C21H26B2F2N4O4S. The highest BCUT2D eigenvalue weighted by molar-refractivity contribution is 7.91. The third-order valence-corrected chi connectivity index (χ3v) is 8.80. The van der Waals surface area contributed by atoms with Gasteiger partial charge in [0.1, 0.15) is 23.3 Å². The molecule has 0 aliphatic heterocycles. The summed E-state index contributed by atoms with van der Waals surface area (Å²) in [5.41, 5.74) is -4.11. The highest BCUT2D eigenvalue weighted by Gasteiger charge is 2.41. The molecule has 2 aliphatic rings. The highest BCUT2D eigenvalue weighted by Crippen LogP contribution is 2.40. The molecule has 2 N–H and O–H groups in total. The second-order valence-electron chi connectivity index (χ2n) is 9.90. The van der Waals surface area contributed by atoms with Crippen LogP contribution in [-0.2, 0) is 15.7 Å². The largest absolute Gasteiger partial charge is 0.388 e. The fraction of sp³-hybridized carbons (Fsp3) is 0.667. The lowest BCUT2D eigenvalue weighted by Gasteiger charge is -2.38. The van der Waals surface area contributed by atoms with E-state index in [1.54, 1.807) is 6.92 Å². The molecule has 0 unspecified atom stereocenters. The minimum atomic E-state index is -3.88. The average Bonchev–Trinajstić information content (AvgIpc) is 3.04. The van der Waals surface area contributed by atoms with Crippen molar-refractivity contribution in [2.45, 2.75) is 80.0 Å². The molecular weight excluding hydrogens is 464 g/mol. The van der Waals surface area contributed by atoms with Crippen LogP contribution in [0.5, 0.6) is 0 Å². The predicted octanol–water partition coefficient (Wildman–Crippen LogP) is 1.75. The molecule has 4 rings (SSSR count). The second-order valence-corrected chi connectivity index (χ2v) is 12.2. The Morgan fingerprint density at radius 1 is 1.26 bits per heavy atom. The summed E-state index contributed by atoms with van der Waals surface area (Å²) in [6.07, 6.45) is 5.38. The summed E-state index contributed by atoms with van der Waals surface area (Å²) < 4.78 is 52.9. The summed E-state index contributed by atoms with van der Waals surface area (Å²) in [6, 6.07) is 0.196. The summed E-state index contributed by atoms with van der Waals surface area (Å²) in [5, 5.41) is 13.6. The Labute approximate surface area is 199 Å². The van der Waals surface area contributed by atoms with Gasteiger partial charge in [-0.3, -0.25) is 9.36 Å². The molecule has 2 heterocycles. The third kappa shape index (κ3) is 4.73. The Morgan fingerprint density at radius 2 is 1.91 bits per heavy atom. The van der Waals surface area contributed by atoms with E-state index in [0.717, 1.165) is 10.6 Å². The maximum atomic E-state index is 14.0. The van der Waals surface area contributed by atoms with E-state index < -0.39 is 49.1 Å². The Bertz CT molecular complexity index is 1270. The molecule has 4 radical (unpaired) electrons. The van der Waals surface area contributed by atoms with Gasteiger partial charge in [-0.15, -0.1) is 0 Å². The van der Waals surface area contributed by atoms with Crippen LogP contribution in [0, 0.1) is 0 Å². The number of nitrogens with one attached hydrogen (secondary N) is 1. The maximum Gasteiger partial charge on any atom is 0.260 e. The molecule has 2 aromatic heterocycles. The summed E-state index contributed by atoms with van der Waals surface area (Å²) in [6.45, 7) is 1.56. The minimum Gasteiger partial charge on any atom is -0.388 e. The first kappa shape index (κ1) is 25.1. The zero-order valence-electron chi connectivity index (χ0n) is 19.1. The lowest BCUT2D eigenvalue weighted by atomic mass is 9.67. The van der Waals surface area contributed by atoms with Crippen molar-refractivity contribution in [3.63, 3.8) is 0 Å². The molecule has 2 atom stereocenters. The fourth-order valence-electron chi connectivity index (χ4n) is 5.13. The van der Waals surface area contributed by atoms with Crippen molar-refractivity contribution in [3.05, 3.63) is 28.2 Å². The fourth-order valence-corrected chi connectivity index (χ4v) is 6.22. The van der Waals surface area contributed by atoms with Gasteiger partial charge in [-0.05, 0) is 57.9 Å². The van der Waals surface area contributed by atoms with Gasteiger partial charge in [-0.25, -0.2) is 22.2 Å². The first-order valence-electron chi connectivity index (χ1n) is 11.2. The lowest BCUT2D eigenvalue weighted by molar-refractivity contribution is 0.0256.